The molecule has 2 atom stereocenters. The van der Waals surface area contributed by atoms with Gasteiger partial charge in [-0.05, 0) is 40.5 Å². The second kappa shape index (κ2) is 7.91. The summed E-state index contributed by atoms with van der Waals surface area (Å²) in [6.07, 6.45) is 3.42. The van der Waals surface area contributed by atoms with Crippen molar-refractivity contribution in [1.29, 1.82) is 0 Å². The molecule has 2 aromatic rings. The molecular weight excluding hydrogens is 490 g/mol. The van der Waals surface area contributed by atoms with Crippen molar-refractivity contribution in [3.8, 4) is 11.5 Å². The number of fused-ring (bicyclic) bond motifs is 4. The number of benzene rings is 1. The van der Waals surface area contributed by atoms with Gasteiger partial charge < -0.3 is 19.1 Å². The summed E-state index contributed by atoms with van der Waals surface area (Å²) in [6.45, 7) is 4.98. The first-order chi connectivity index (χ1) is 13.7. The van der Waals surface area contributed by atoms with Gasteiger partial charge in [-0.15, -0.1) is 0 Å². The lowest BCUT2D eigenvalue weighted by atomic mass is 10.2. The minimum Gasteiger partial charge on any atom is -0.451 e. The van der Waals surface area contributed by atoms with Crippen LogP contribution in [-0.4, -0.2) is 61.5 Å². The molecule has 0 amide bonds. The Kier molecular flexibility index (Phi) is 5.32. The molecule has 0 N–H and O–H groups in total. The third-order valence-corrected chi connectivity index (χ3v) is 6.41. The van der Waals surface area contributed by atoms with Crippen LogP contribution in [0.1, 0.15) is 6.42 Å². The van der Waals surface area contributed by atoms with Gasteiger partial charge in [-0.25, -0.2) is 4.98 Å². The van der Waals surface area contributed by atoms with Crippen molar-refractivity contribution in [3.05, 3.63) is 39.4 Å². The molecule has 3 aliphatic heterocycles. The maximum Gasteiger partial charge on any atom is 0.176 e. The highest BCUT2D eigenvalue weighted by atomic mass is 79.9. The molecule has 3 aliphatic rings. The zero-order valence-corrected chi connectivity index (χ0v) is 18.5. The quantitative estimate of drug-likeness (QED) is 0.539. The summed E-state index contributed by atoms with van der Waals surface area (Å²) < 4.78 is 19.6. The minimum absolute atomic E-state index is 0.441. The van der Waals surface area contributed by atoms with E-state index in [4.69, 9.17) is 14.2 Å². The van der Waals surface area contributed by atoms with E-state index < -0.39 is 0 Å². The predicted octanol–water partition coefficient (Wildman–Crippen LogP) is 4.34. The molecule has 8 heteroatoms. The average Bonchev–Trinajstić information content (AvgIpc) is 3.30. The maximum atomic E-state index is 6.07. The zero-order chi connectivity index (χ0) is 19.1. The normalized spacial score (nSPS) is 22.9. The third-order valence-electron chi connectivity index (χ3n) is 5.48. The monoisotopic (exact) mass is 509 g/mol. The van der Waals surface area contributed by atoms with Crippen LogP contribution in [0.5, 0.6) is 11.5 Å². The summed E-state index contributed by atoms with van der Waals surface area (Å²) in [5.41, 5.74) is 1.00. The van der Waals surface area contributed by atoms with Crippen LogP contribution in [0, 0.1) is 0 Å². The molecule has 6 nitrogen and oxygen atoms in total. The molecule has 2 fully saturated rings. The van der Waals surface area contributed by atoms with Gasteiger partial charge in [0.05, 0.1) is 31.6 Å². The number of rotatable bonds is 6. The fraction of sp³-hybridized carbons (Fsp3) is 0.450. The SMILES string of the molecule is Brc1ccc2c(c1)Oc1cc(Br)cnc1N2CCOCCN1C[C@@H]2C[C@H]1CO2. The second-order valence-corrected chi connectivity index (χ2v) is 9.12. The molecule has 2 bridgehead atoms. The summed E-state index contributed by atoms with van der Waals surface area (Å²) >= 11 is 7.00. The lowest BCUT2D eigenvalue weighted by molar-refractivity contribution is 0.0163. The number of aromatic nitrogens is 1. The van der Waals surface area contributed by atoms with Crippen LogP contribution < -0.4 is 9.64 Å². The van der Waals surface area contributed by atoms with Crippen molar-refractivity contribution < 1.29 is 14.2 Å². The highest BCUT2D eigenvalue weighted by Gasteiger charge is 2.38. The number of likely N-dealkylation sites (tertiary alicyclic amines) is 1. The summed E-state index contributed by atoms with van der Waals surface area (Å²) in [4.78, 5) is 9.23. The fourth-order valence-corrected chi connectivity index (χ4v) is 4.79. The standard InChI is InChI=1S/C20H21Br2N3O3/c21-13-1-2-17-18(7-13)28-19-8-14(22)10-23-20(19)25(17)4-6-26-5-3-24-11-16-9-15(24)12-27-16/h1-2,7-8,10,15-16H,3-6,9,11-12H2/t15-,16-/m0/s1. The van der Waals surface area contributed by atoms with Gasteiger partial charge in [-0.3, -0.25) is 4.90 Å². The first-order valence-electron chi connectivity index (χ1n) is 9.51. The Morgan fingerprint density at radius 2 is 1.96 bits per heavy atom. The van der Waals surface area contributed by atoms with Gasteiger partial charge in [0.15, 0.2) is 17.3 Å². The van der Waals surface area contributed by atoms with Crippen molar-refractivity contribution in [1.82, 2.24) is 9.88 Å². The fourth-order valence-electron chi connectivity index (χ4n) is 4.14. The number of halogens is 2. The molecule has 0 aliphatic carbocycles. The van der Waals surface area contributed by atoms with E-state index in [1.807, 2.05) is 24.3 Å². The lowest BCUT2D eigenvalue weighted by Crippen LogP contribution is -2.39. The van der Waals surface area contributed by atoms with Crippen LogP contribution in [0.4, 0.5) is 11.5 Å². The molecule has 1 aromatic carbocycles. The molecule has 0 spiro atoms. The Hall–Kier alpha value is -1.19. The molecule has 0 radical (unpaired) electrons. The van der Waals surface area contributed by atoms with Crippen LogP contribution >= 0.6 is 31.9 Å². The van der Waals surface area contributed by atoms with Gasteiger partial charge in [0.1, 0.15) is 0 Å². The molecule has 28 heavy (non-hydrogen) atoms. The van der Waals surface area contributed by atoms with Crippen LogP contribution in [0.25, 0.3) is 0 Å². The summed E-state index contributed by atoms with van der Waals surface area (Å²) in [7, 11) is 0. The Bertz CT molecular complexity index is 830. The van der Waals surface area contributed by atoms with Crippen molar-refractivity contribution in [2.75, 3.05) is 44.4 Å². The number of hydrogen-bond donors (Lipinski definition) is 0. The third kappa shape index (κ3) is 3.68. The molecule has 1 aromatic heterocycles. The summed E-state index contributed by atoms with van der Waals surface area (Å²) in [6, 6.07) is 8.59. The molecule has 148 valence electrons. The number of hydrogen-bond acceptors (Lipinski definition) is 6. The number of anilines is 2. The number of nitrogens with zero attached hydrogens (tertiary/aromatic N) is 3. The van der Waals surface area contributed by atoms with E-state index in [9.17, 15) is 0 Å². The predicted molar refractivity (Wildman–Crippen MR) is 114 cm³/mol. The van der Waals surface area contributed by atoms with E-state index in [1.54, 1.807) is 6.20 Å². The van der Waals surface area contributed by atoms with E-state index in [0.717, 1.165) is 64.8 Å². The zero-order valence-electron chi connectivity index (χ0n) is 15.3. The van der Waals surface area contributed by atoms with Crippen LogP contribution in [0.2, 0.25) is 0 Å². The van der Waals surface area contributed by atoms with Gasteiger partial charge in [0.2, 0.25) is 0 Å². The Labute approximate surface area is 181 Å². The topological polar surface area (TPSA) is 47.1 Å². The van der Waals surface area contributed by atoms with E-state index >= 15 is 0 Å². The molecule has 0 unspecified atom stereocenters. The van der Waals surface area contributed by atoms with Crippen LogP contribution in [0.15, 0.2) is 39.4 Å². The van der Waals surface area contributed by atoms with Crippen LogP contribution in [0.3, 0.4) is 0 Å². The number of morpholine rings is 1. The van der Waals surface area contributed by atoms with Gasteiger partial charge >= 0.3 is 0 Å². The number of pyridine rings is 1. The Morgan fingerprint density at radius 3 is 2.79 bits per heavy atom. The first kappa shape index (κ1) is 18.8. The molecule has 0 saturated carbocycles. The van der Waals surface area contributed by atoms with E-state index in [1.165, 1.54) is 6.42 Å². The van der Waals surface area contributed by atoms with Gasteiger partial charge in [0, 0.05) is 46.9 Å². The second-order valence-electron chi connectivity index (χ2n) is 7.29. The van der Waals surface area contributed by atoms with Crippen molar-refractivity contribution in [3.63, 3.8) is 0 Å². The molecular formula is C20H21Br2N3O3. The van der Waals surface area contributed by atoms with Crippen molar-refractivity contribution in [2.45, 2.75) is 18.6 Å². The number of ether oxygens (including phenoxy) is 3. The van der Waals surface area contributed by atoms with E-state index in [2.05, 4.69) is 46.6 Å². The summed E-state index contributed by atoms with van der Waals surface area (Å²) in [5.74, 6) is 2.37. The smallest absolute Gasteiger partial charge is 0.176 e. The van der Waals surface area contributed by atoms with Gasteiger partial charge in [-0.1, -0.05) is 15.9 Å². The highest BCUT2D eigenvalue weighted by molar-refractivity contribution is 9.10. The van der Waals surface area contributed by atoms with E-state index in [-0.39, 0.29) is 0 Å². The van der Waals surface area contributed by atoms with Gasteiger partial charge in [-0.2, -0.15) is 0 Å². The maximum absolute atomic E-state index is 6.07. The van der Waals surface area contributed by atoms with Gasteiger partial charge in [0.25, 0.3) is 0 Å². The van der Waals surface area contributed by atoms with Crippen molar-refractivity contribution >= 4 is 43.4 Å². The largest absolute Gasteiger partial charge is 0.451 e. The first-order valence-corrected chi connectivity index (χ1v) is 11.1. The average molecular weight is 511 g/mol. The van der Waals surface area contributed by atoms with Crippen LogP contribution in [-0.2, 0) is 9.47 Å². The van der Waals surface area contributed by atoms with E-state index in [0.29, 0.717) is 18.8 Å². The minimum atomic E-state index is 0.441. The molecule has 2 saturated heterocycles. The Balaban J connectivity index is 1.23. The Morgan fingerprint density at radius 1 is 1.11 bits per heavy atom. The lowest BCUT2D eigenvalue weighted by Gasteiger charge is -2.32. The molecule has 4 heterocycles. The highest BCUT2D eigenvalue weighted by Crippen LogP contribution is 2.46. The molecule has 5 rings (SSSR count). The van der Waals surface area contributed by atoms with Crippen molar-refractivity contribution in [2.24, 2.45) is 0 Å². The summed E-state index contributed by atoms with van der Waals surface area (Å²) in [5, 5.41) is 0.